The average molecular weight is 264 g/mol. The number of hydrogen-bond donors (Lipinski definition) is 2. The molecule has 0 bridgehead atoms. The van der Waals surface area contributed by atoms with Crippen molar-refractivity contribution in [1.29, 1.82) is 0 Å². The molecular weight excluding hydrogens is 254 g/mol. The highest BCUT2D eigenvalue weighted by atomic mass is 35.5. The second kappa shape index (κ2) is 5.01. The van der Waals surface area contributed by atoms with E-state index in [1.165, 1.54) is 6.20 Å². The molecule has 2 rings (SSSR count). The van der Waals surface area contributed by atoms with Gasteiger partial charge >= 0.3 is 5.97 Å². The van der Waals surface area contributed by atoms with Gasteiger partial charge in [0.05, 0.1) is 0 Å². The minimum Gasteiger partial charge on any atom is -0.475 e. The first-order valence-electron chi connectivity index (χ1n) is 5.16. The Hall–Kier alpha value is -2.14. The van der Waals surface area contributed by atoms with Gasteiger partial charge in [-0.3, -0.25) is 0 Å². The van der Waals surface area contributed by atoms with Crippen molar-refractivity contribution < 1.29 is 9.90 Å². The second-order valence-corrected chi connectivity index (χ2v) is 4.02. The monoisotopic (exact) mass is 263 g/mol. The van der Waals surface area contributed by atoms with Crippen molar-refractivity contribution >= 4 is 29.1 Å². The topological polar surface area (TPSA) is 75.1 Å². The van der Waals surface area contributed by atoms with E-state index in [1.807, 2.05) is 13.0 Å². The van der Waals surface area contributed by atoms with Crippen LogP contribution in [0.4, 0.5) is 11.5 Å². The fraction of sp³-hybridized carbons (Fsp3) is 0.0833. The lowest BCUT2D eigenvalue weighted by atomic mass is 10.2. The third-order valence-electron chi connectivity index (χ3n) is 2.38. The Morgan fingerprint density at radius 3 is 2.89 bits per heavy atom. The maximum atomic E-state index is 10.8. The highest BCUT2D eigenvalue weighted by molar-refractivity contribution is 6.31. The number of aromatic carboxylic acids is 1. The summed E-state index contributed by atoms with van der Waals surface area (Å²) in [5, 5.41) is 12.4. The number of carboxylic acids is 1. The zero-order valence-electron chi connectivity index (χ0n) is 9.51. The van der Waals surface area contributed by atoms with E-state index in [9.17, 15) is 4.79 Å². The minimum absolute atomic E-state index is 0.250. The van der Waals surface area contributed by atoms with Gasteiger partial charge in [-0.05, 0) is 30.7 Å². The smallest absolute Gasteiger partial charge is 0.374 e. The molecule has 0 fully saturated rings. The lowest BCUT2D eigenvalue weighted by Crippen LogP contribution is -2.06. The number of hydrogen-bond acceptors (Lipinski definition) is 4. The molecular formula is C12H10ClN3O2. The summed E-state index contributed by atoms with van der Waals surface area (Å²) in [6, 6.07) is 7.01. The number of benzene rings is 1. The Bertz CT molecular complexity index is 602. The molecule has 0 spiro atoms. The van der Waals surface area contributed by atoms with Gasteiger partial charge < -0.3 is 10.4 Å². The summed E-state index contributed by atoms with van der Waals surface area (Å²) in [7, 11) is 0. The lowest BCUT2D eigenvalue weighted by Gasteiger charge is -2.09. The average Bonchev–Trinajstić information content (AvgIpc) is 2.35. The molecule has 0 aliphatic heterocycles. The molecule has 0 saturated carbocycles. The standard InChI is InChI=1S/C12H10ClN3O2/c1-7-8(13)3-2-4-9(7)15-10-5-6-14-11(16-10)12(17)18/h2-6H,1H3,(H,17,18)(H,14,15,16). The van der Waals surface area contributed by atoms with E-state index in [0.717, 1.165) is 11.3 Å². The number of rotatable bonds is 3. The van der Waals surface area contributed by atoms with Crippen molar-refractivity contribution in [2.45, 2.75) is 6.92 Å². The van der Waals surface area contributed by atoms with Gasteiger partial charge in [0.1, 0.15) is 5.82 Å². The van der Waals surface area contributed by atoms with Crippen LogP contribution in [-0.2, 0) is 0 Å². The maximum Gasteiger partial charge on any atom is 0.374 e. The molecule has 18 heavy (non-hydrogen) atoms. The molecule has 6 heteroatoms. The van der Waals surface area contributed by atoms with Crippen molar-refractivity contribution in [3.63, 3.8) is 0 Å². The van der Waals surface area contributed by atoms with E-state index >= 15 is 0 Å². The van der Waals surface area contributed by atoms with E-state index in [0.29, 0.717) is 10.8 Å². The predicted octanol–water partition coefficient (Wildman–Crippen LogP) is 2.88. The van der Waals surface area contributed by atoms with Crippen LogP contribution >= 0.6 is 11.6 Å². The number of anilines is 2. The molecule has 92 valence electrons. The summed E-state index contributed by atoms with van der Waals surface area (Å²) in [6.45, 7) is 1.87. The fourth-order valence-electron chi connectivity index (χ4n) is 1.41. The largest absolute Gasteiger partial charge is 0.475 e. The normalized spacial score (nSPS) is 10.1. The zero-order valence-corrected chi connectivity index (χ0v) is 10.3. The molecule has 1 aromatic carbocycles. The Labute approximate surface area is 108 Å². The molecule has 0 radical (unpaired) electrons. The SMILES string of the molecule is Cc1c(Cl)cccc1Nc1ccnc(C(=O)O)n1. The van der Waals surface area contributed by atoms with Crippen LogP contribution in [0, 0.1) is 6.92 Å². The molecule has 0 aliphatic rings. The van der Waals surface area contributed by atoms with Crippen LogP contribution in [-0.4, -0.2) is 21.0 Å². The quantitative estimate of drug-likeness (QED) is 0.891. The highest BCUT2D eigenvalue weighted by Crippen LogP contribution is 2.25. The first kappa shape index (κ1) is 12.3. The number of nitrogens with zero attached hydrogens (tertiary/aromatic N) is 2. The van der Waals surface area contributed by atoms with Crippen LogP contribution in [0.25, 0.3) is 0 Å². The van der Waals surface area contributed by atoms with E-state index in [2.05, 4.69) is 15.3 Å². The molecule has 0 saturated heterocycles. The Morgan fingerprint density at radius 1 is 1.39 bits per heavy atom. The Morgan fingerprint density at radius 2 is 2.17 bits per heavy atom. The van der Waals surface area contributed by atoms with Crippen LogP contribution in [0.15, 0.2) is 30.5 Å². The molecule has 0 amide bonds. The summed E-state index contributed by atoms with van der Waals surface area (Å²) in [4.78, 5) is 18.3. The highest BCUT2D eigenvalue weighted by Gasteiger charge is 2.08. The lowest BCUT2D eigenvalue weighted by molar-refractivity contribution is 0.0683. The number of carboxylic acid groups (broad SMARTS) is 1. The molecule has 5 nitrogen and oxygen atoms in total. The Balaban J connectivity index is 2.31. The first-order valence-corrected chi connectivity index (χ1v) is 5.54. The molecule has 0 atom stereocenters. The first-order chi connectivity index (χ1) is 8.58. The molecule has 0 unspecified atom stereocenters. The van der Waals surface area contributed by atoms with Crippen LogP contribution in [0.3, 0.4) is 0 Å². The van der Waals surface area contributed by atoms with Crippen molar-refractivity contribution in [2.75, 3.05) is 5.32 Å². The third-order valence-corrected chi connectivity index (χ3v) is 2.79. The van der Waals surface area contributed by atoms with Crippen LogP contribution < -0.4 is 5.32 Å². The molecule has 2 aromatic rings. The van der Waals surface area contributed by atoms with E-state index in [-0.39, 0.29) is 5.82 Å². The van der Waals surface area contributed by atoms with Crippen LogP contribution in [0.1, 0.15) is 16.2 Å². The summed E-state index contributed by atoms with van der Waals surface area (Å²) in [5.74, 6) is -1.01. The van der Waals surface area contributed by atoms with E-state index in [4.69, 9.17) is 16.7 Å². The van der Waals surface area contributed by atoms with E-state index < -0.39 is 5.97 Å². The minimum atomic E-state index is -1.17. The number of nitrogens with one attached hydrogen (secondary N) is 1. The van der Waals surface area contributed by atoms with Gasteiger partial charge in [0, 0.05) is 16.9 Å². The maximum absolute atomic E-state index is 10.8. The van der Waals surface area contributed by atoms with Gasteiger partial charge in [-0.2, -0.15) is 0 Å². The summed E-state index contributed by atoms with van der Waals surface area (Å²) >= 11 is 5.99. The third kappa shape index (κ3) is 2.57. The number of halogens is 1. The zero-order chi connectivity index (χ0) is 13.1. The predicted molar refractivity (Wildman–Crippen MR) is 68.5 cm³/mol. The van der Waals surface area contributed by atoms with Gasteiger partial charge in [-0.25, -0.2) is 14.8 Å². The molecule has 2 N–H and O–H groups in total. The van der Waals surface area contributed by atoms with Gasteiger partial charge in [-0.15, -0.1) is 0 Å². The van der Waals surface area contributed by atoms with Crippen molar-refractivity contribution in [2.24, 2.45) is 0 Å². The van der Waals surface area contributed by atoms with E-state index in [1.54, 1.807) is 18.2 Å². The van der Waals surface area contributed by atoms with Crippen LogP contribution in [0.5, 0.6) is 0 Å². The van der Waals surface area contributed by atoms with Crippen molar-refractivity contribution in [3.05, 3.63) is 46.9 Å². The van der Waals surface area contributed by atoms with Crippen molar-refractivity contribution in [3.8, 4) is 0 Å². The summed E-state index contributed by atoms with van der Waals surface area (Å²) < 4.78 is 0. The van der Waals surface area contributed by atoms with Crippen LogP contribution in [0.2, 0.25) is 5.02 Å². The molecule has 1 aromatic heterocycles. The fourth-order valence-corrected chi connectivity index (χ4v) is 1.59. The van der Waals surface area contributed by atoms with Gasteiger partial charge in [-0.1, -0.05) is 17.7 Å². The van der Waals surface area contributed by atoms with Gasteiger partial charge in [0.2, 0.25) is 5.82 Å². The molecule has 1 heterocycles. The Kier molecular flexibility index (Phi) is 3.43. The number of carbonyl (C=O) groups is 1. The summed E-state index contributed by atoms with van der Waals surface area (Å²) in [6.07, 6.45) is 1.39. The summed E-state index contributed by atoms with van der Waals surface area (Å²) in [5.41, 5.74) is 1.65. The second-order valence-electron chi connectivity index (χ2n) is 3.61. The van der Waals surface area contributed by atoms with Crippen molar-refractivity contribution in [1.82, 2.24) is 9.97 Å². The van der Waals surface area contributed by atoms with Gasteiger partial charge in [0.25, 0.3) is 0 Å². The molecule has 0 aliphatic carbocycles. The van der Waals surface area contributed by atoms with Gasteiger partial charge in [0.15, 0.2) is 0 Å². The number of aromatic nitrogens is 2.